The van der Waals surface area contributed by atoms with Gasteiger partial charge in [0.05, 0.1) is 0 Å². The number of phenols is 1. The summed E-state index contributed by atoms with van der Waals surface area (Å²) in [6.45, 7) is 1.08. The van der Waals surface area contributed by atoms with E-state index in [1.807, 2.05) is 0 Å². The van der Waals surface area contributed by atoms with Crippen LogP contribution in [0.5, 0.6) is 5.75 Å². The maximum atomic E-state index is 10.6. The van der Waals surface area contributed by atoms with Crippen LogP contribution in [0.15, 0.2) is 18.2 Å². The molecular weight excluding hydrogens is 222 g/mol. The van der Waals surface area contributed by atoms with E-state index < -0.39 is 0 Å². The van der Waals surface area contributed by atoms with E-state index in [1.54, 1.807) is 0 Å². The van der Waals surface area contributed by atoms with Gasteiger partial charge >= 0.3 is 0 Å². The normalized spacial score (nSPS) is 25.4. The molecule has 1 saturated carbocycles. The number of benzene rings is 1. The molecule has 1 atom stereocenters. The van der Waals surface area contributed by atoms with Crippen LogP contribution in [0.25, 0.3) is 0 Å². The van der Waals surface area contributed by atoms with Crippen LogP contribution in [0.4, 0.5) is 0 Å². The number of para-hydroxylation sites is 1. The Morgan fingerprint density at radius 2 is 1.72 bits per heavy atom. The number of aromatic hydroxyl groups is 1. The molecule has 0 bridgehead atoms. The van der Waals surface area contributed by atoms with E-state index in [4.69, 9.17) is 0 Å². The van der Waals surface area contributed by atoms with E-state index in [1.165, 1.54) is 44.1 Å². The molecule has 0 spiro atoms. The van der Waals surface area contributed by atoms with E-state index in [0.717, 1.165) is 18.5 Å². The molecule has 2 N–H and O–H groups in total. The number of hydrogen-bond donors (Lipinski definition) is 2. The van der Waals surface area contributed by atoms with Crippen molar-refractivity contribution < 1.29 is 5.11 Å². The highest BCUT2D eigenvalue weighted by atomic mass is 16.3. The van der Waals surface area contributed by atoms with Crippen molar-refractivity contribution in [3.63, 3.8) is 0 Å². The lowest BCUT2D eigenvalue weighted by Crippen LogP contribution is -2.14. The topological polar surface area (TPSA) is 32.3 Å². The molecule has 0 unspecified atom stereocenters. The summed E-state index contributed by atoms with van der Waals surface area (Å²) in [5.41, 5.74) is 2.32. The fraction of sp³-hybridized carbons (Fsp3) is 0.625. The zero-order chi connectivity index (χ0) is 12.4. The van der Waals surface area contributed by atoms with Crippen molar-refractivity contribution >= 4 is 0 Å². The minimum absolute atomic E-state index is 0.369. The molecule has 18 heavy (non-hydrogen) atoms. The van der Waals surface area contributed by atoms with Crippen molar-refractivity contribution in [2.24, 2.45) is 0 Å². The highest BCUT2D eigenvalue weighted by Gasteiger charge is 2.24. The summed E-state index contributed by atoms with van der Waals surface area (Å²) >= 11 is 0. The Morgan fingerprint density at radius 3 is 2.44 bits per heavy atom. The predicted octanol–water partition coefficient (Wildman–Crippen LogP) is 3.86. The average Bonchev–Trinajstić information content (AvgIpc) is 2.94. The predicted molar refractivity (Wildman–Crippen MR) is 73.9 cm³/mol. The fourth-order valence-corrected chi connectivity index (χ4v) is 3.55. The lowest BCUT2D eigenvalue weighted by Gasteiger charge is -2.24. The van der Waals surface area contributed by atoms with Crippen LogP contribution in [0.1, 0.15) is 68.0 Å². The van der Waals surface area contributed by atoms with Crippen molar-refractivity contribution in [1.82, 2.24) is 5.32 Å². The van der Waals surface area contributed by atoms with Crippen LogP contribution in [0.2, 0.25) is 0 Å². The van der Waals surface area contributed by atoms with Crippen LogP contribution >= 0.6 is 0 Å². The summed E-state index contributed by atoms with van der Waals surface area (Å²) in [7, 11) is 0. The Morgan fingerprint density at radius 1 is 0.944 bits per heavy atom. The standard InChI is InChI=1S/C16H23NO/c18-16-13(12-6-2-1-3-7-12)8-4-9-14(16)15-10-5-11-17-15/h4,8-9,12,15,17-18H,1-3,5-7,10-11H2/t15-/m0/s1. The summed E-state index contributed by atoms with van der Waals surface area (Å²) in [6.07, 6.45) is 8.86. The molecule has 1 saturated heterocycles. The molecule has 2 aliphatic rings. The van der Waals surface area contributed by atoms with E-state index in [9.17, 15) is 5.11 Å². The van der Waals surface area contributed by atoms with Gasteiger partial charge in [0.2, 0.25) is 0 Å². The Bertz CT molecular complexity index is 404. The van der Waals surface area contributed by atoms with E-state index >= 15 is 0 Å². The maximum absolute atomic E-state index is 10.6. The molecule has 1 aliphatic heterocycles. The SMILES string of the molecule is Oc1c(C2CCCCC2)cccc1[C@@H]1CCCN1. The molecule has 2 heteroatoms. The number of nitrogens with one attached hydrogen (secondary N) is 1. The van der Waals surface area contributed by atoms with Gasteiger partial charge in [-0.2, -0.15) is 0 Å². The lowest BCUT2D eigenvalue weighted by molar-refractivity contribution is 0.407. The van der Waals surface area contributed by atoms with Gasteiger partial charge < -0.3 is 10.4 Å². The van der Waals surface area contributed by atoms with Gasteiger partial charge in [-0.05, 0) is 43.7 Å². The second-order valence-corrected chi connectivity index (χ2v) is 5.77. The molecule has 2 nitrogen and oxygen atoms in total. The van der Waals surface area contributed by atoms with Crippen LogP contribution < -0.4 is 5.32 Å². The molecule has 0 aromatic heterocycles. The molecule has 0 amide bonds. The maximum Gasteiger partial charge on any atom is 0.123 e. The van der Waals surface area contributed by atoms with Gasteiger partial charge in [0, 0.05) is 11.6 Å². The molecule has 98 valence electrons. The molecule has 1 aliphatic carbocycles. The quantitative estimate of drug-likeness (QED) is 0.829. The molecule has 1 aromatic carbocycles. The van der Waals surface area contributed by atoms with Crippen LogP contribution in [-0.4, -0.2) is 11.7 Å². The Hall–Kier alpha value is -1.02. The summed E-state index contributed by atoms with van der Waals surface area (Å²) in [5.74, 6) is 1.16. The van der Waals surface area contributed by atoms with Gasteiger partial charge in [0.25, 0.3) is 0 Å². The second-order valence-electron chi connectivity index (χ2n) is 5.77. The Kier molecular flexibility index (Phi) is 3.55. The highest BCUT2D eigenvalue weighted by Crippen LogP contribution is 2.41. The zero-order valence-electron chi connectivity index (χ0n) is 11.0. The largest absolute Gasteiger partial charge is 0.507 e. The van der Waals surface area contributed by atoms with Gasteiger partial charge in [-0.15, -0.1) is 0 Å². The third-order valence-electron chi connectivity index (χ3n) is 4.58. The van der Waals surface area contributed by atoms with Gasteiger partial charge in [-0.25, -0.2) is 0 Å². The van der Waals surface area contributed by atoms with Crippen molar-refractivity contribution in [3.05, 3.63) is 29.3 Å². The minimum atomic E-state index is 0.369. The number of rotatable bonds is 2. The Balaban J connectivity index is 1.87. The lowest BCUT2D eigenvalue weighted by atomic mass is 9.82. The third-order valence-corrected chi connectivity index (χ3v) is 4.58. The molecule has 2 fully saturated rings. The first-order valence-electron chi connectivity index (χ1n) is 7.41. The molecule has 1 heterocycles. The Labute approximate surface area is 109 Å². The van der Waals surface area contributed by atoms with Gasteiger partial charge in [0.15, 0.2) is 0 Å². The molecule has 1 aromatic rings. The second kappa shape index (κ2) is 5.31. The monoisotopic (exact) mass is 245 g/mol. The van der Waals surface area contributed by atoms with Gasteiger partial charge in [0.1, 0.15) is 5.75 Å². The van der Waals surface area contributed by atoms with Crippen LogP contribution in [-0.2, 0) is 0 Å². The summed E-state index contributed by atoms with van der Waals surface area (Å²) in [6, 6.07) is 6.71. The van der Waals surface area contributed by atoms with Gasteiger partial charge in [-0.1, -0.05) is 37.5 Å². The molecule has 3 rings (SSSR count). The number of hydrogen-bond acceptors (Lipinski definition) is 2. The average molecular weight is 245 g/mol. The van der Waals surface area contributed by atoms with E-state index in [2.05, 4.69) is 23.5 Å². The van der Waals surface area contributed by atoms with Crippen molar-refractivity contribution in [3.8, 4) is 5.75 Å². The molecular formula is C16H23NO. The third kappa shape index (κ3) is 2.26. The molecule has 0 radical (unpaired) electrons. The zero-order valence-corrected chi connectivity index (χ0v) is 11.0. The van der Waals surface area contributed by atoms with Crippen molar-refractivity contribution in [1.29, 1.82) is 0 Å². The summed E-state index contributed by atoms with van der Waals surface area (Å²) < 4.78 is 0. The van der Waals surface area contributed by atoms with Gasteiger partial charge in [-0.3, -0.25) is 0 Å². The van der Waals surface area contributed by atoms with E-state index in [0.29, 0.717) is 17.7 Å². The smallest absolute Gasteiger partial charge is 0.123 e. The first-order valence-corrected chi connectivity index (χ1v) is 7.41. The fourth-order valence-electron chi connectivity index (χ4n) is 3.55. The highest BCUT2D eigenvalue weighted by molar-refractivity contribution is 5.44. The van der Waals surface area contributed by atoms with Crippen LogP contribution in [0, 0.1) is 0 Å². The number of phenolic OH excluding ortho intramolecular Hbond substituents is 1. The van der Waals surface area contributed by atoms with E-state index in [-0.39, 0.29) is 0 Å². The van der Waals surface area contributed by atoms with Crippen molar-refractivity contribution in [2.45, 2.75) is 56.9 Å². The van der Waals surface area contributed by atoms with Crippen LogP contribution in [0.3, 0.4) is 0 Å². The first kappa shape index (κ1) is 12.0. The minimum Gasteiger partial charge on any atom is -0.507 e. The summed E-state index contributed by atoms with van der Waals surface area (Å²) in [5, 5.41) is 14.0. The summed E-state index contributed by atoms with van der Waals surface area (Å²) in [4.78, 5) is 0. The van der Waals surface area contributed by atoms with Crippen molar-refractivity contribution in [2.75, 3.05) is 6.54 Å². The first-order chi connectivity index (χ1) is 8.86.